The van der Waals surface area contributed by atoms with Gasteiger partial charge in [0.25, 0.3) is 11.8 Å². The fourth-order valence-electron chi connectivity index (χ4n) is 12.2. The molecule has 78 heavy (non-hydrogen) atoms. The van der Waals surface area contributed by atoms with Crippen molar-refractivity contribution >= 4 is 46.2 Å². The monoisotopic (exact) mass is 1070 g/mol. The molecule has 0 unspecified atom stereocenters. The number of hydrogen-bond donors (Lipinski definition) is 6. The number of likely N-dealkylation sites (N-methyl/N-ethyl adjacent to an activating group) is 2. The Hall–Kier alpha value is -6.20. The second-order valence-electron chi connectivity index (χ2n) is 22.4. The second kappa shape index (κ2) is 27.6. The van der Waals surface area contributed by atoms with Crippen molar-refractivity contribution in [3.8, 4) is 0 Å². The van der Waals surface area contributed by atoms with Crippen LogP contribution in [0.1, 0.15) is 123 Å². The van der Waals surface area contributed by atoms with Crippen molar-refractivity contribution in [2.24, 2.45) is 11.8 Å². The summed E-state index contributed by atoms with van der Waals surface area (Å²) in [5.41, 5.74) is 2.91. The molecule has 6 amide bonds. The topological polar surface area (TPSA) is 204 Å². The van der Waals surface area contributed by atoms with Gasteiger partial charge in [-0.25, -0.2) is 0 Å². The average molecular weight is 1070 g/mol. The molecule has 0 bridgehead atoms. The van der Waals surface area contributed by atoms with E-state index in [1.54, 1.807) is 59.7 Å². The van der Waals surface area contributed by atoms with E-state index in [0.29, 0.717) is 63.0 Å². The van der Waals surface area contributed by atoms with Gasteiger partial charge in [-0.3, -0.25) is 28.8 Å². The molecule has 2 aliphatic heterocycles. The summed E-state index contributed by atoms with van der Waals surface area (Å²) in [7, 11) is 3.42. The lowest BCUT2D eigenvalue weighted by molar-refractivity contribution is -0.140. The number of likely N-dealkylation sites (tertiary alicyclic amines) is 2. The number of aliphatic hydroxyl groups excluding tert-OH is 2. The summed E-state index contributed by atoms with van der Waals surface area (Å²) >= 11 is 0. The SMILES string of the molecule is CN[C@@H](C)C(=O)N[C@H](C(=O)N1CC[C@H](O)[C@H]1CN(CCc1ccccc1)C(=O)c1ccc2cc(C(=O)N(CCc3ccccc3)C[C@@H]3[C@@H](O)CCN3C(=O)[C@@H](NC(=O)[C@H](C)NC)C3CCCCC3)ccc2c1)C1CCCCC1. The largest absolute Gasteiger partial charge is 0.391 e. The number of hydrogen-bond acceptors (Lipinski definition) is 10. The van der Waals surface area contributed by atoms with Crippen molar-refractivity contribution in [3.63, 3.8) is 0 Å². The van der Waals surface area contributed by atoms with Gasteiger partial charge in [0.15, 0.2) is 0 Å². The lowest BCUT2D eigenvalue weighted by Crippen LogP contribution is -2.58. The van der Waals surface area contributed by atoms with E-state index in [4.69, 9.17) is 0 Å². The van der Waals surface area contributed by atoms with Crippen molar-refractivity contribution in [3.05, 3.63) is 119 Å². The van der Waals surface area contributed by atoms with E-state index in [9.17, 15) is 39.0 Å². The third-order valence-corrected chi connectivity index (χ3v) is 17.4. The Morgan fingerprint density at radius 1 is 0.526 bits per heavy atom. The highest BCUT2D eigenvalue weighted by Gasteiger charge is 2.45. The zero-order valence-electron chi connectivity index (χ0n) is 46.3. The molecule has 0 spiro atoms. The van der Waals surface area contributed by atoms with Crippen LogP contribution in [0.25, 0.3) is 10.8 Å². The van der Waals surface area contributed by atoms with Crippen molar-refractivity contribution in [2.75, 3.05) is 53.4 Å². The van der Waals surface area contributed by atoms with E-state index >= 15 is 0 Å². The number of carbonyl (C=O) groups excluding carboxylic acids is 6. The van der Waals surface area contributed by atoms with Gasteiger partial charge in [-0.15, -0.1) is 0 Å². The van der Waals surface area contributed by atoms with Crippen LogP contribution in [0.15, 0.2) is 97.1 Å². The quantitative estimate of drug-likeness (QED) is 0.0586. The number of nitrogens with zero attached hydrogens (tertiary/aromatic N) is 4. The highest BCUT2D eigenvalue weighted by Crippen LogP contribution is 2.32. The average Bonchev–Trinajstić information content (AvgIpc) is 4.06. The lowest BCUT2D eigenvalue weighted by atomic mass is 9.83. The lowest BCUT2D eigenvalue weighted by Gasteiger charge is -2.37. The maximum atomic E-state index is 14.9. The summed E-state index contributed by atoms with van der Waals surface area (Å²) in [4.78, 5) is 92.7. The normalized spacial score (nSPS) is 21.6. The Bertz CT molecular complexity index is 2480. The number of rotatable bonds is 22. The third-order valence-electron chi connectivity index (χ3n) is 17.4. The van der Waals surface area contributed by atoms with Gasteiger partial charge in [-0.05, 0) is 137 Å². The Morgan fingerprint density at radius 2 is 0.897 bits per heavy atom. The Kier molecular flexibility index (Phi) is 20.5. The van der Waals surface area contributed by atoms with Crippen LogP contribution in [0.4, 0.5) is 0 Å². The summed E-state index contributed by atoms with van der Waals surface area (Å²) < 4.78 is 0. The Morgan fingerprint density at radius 3 is 1.26 bits per heavy atom. The van der Waals surface area contributed by atoms with Gasteiger partial charge >= 0.3 is 0 Å². The molecule has 4 aromatic carbocycles. The van der Waals surface area contributed by atoms with Crippen LogP contribution in [0.3, 0.4) is 0 Å². The highest BCUT2D eigenvalue weighted by atomic mass is 16.3. The second-order valence-corrected chi connectivity index (χ2v) is 22.4. The van der Waals surface area contributed by atoms with Crippen LogP contribution in [0.2, 0.25) is 0 Å². The minimum Gasteiger partial charge on any atom is -0.391 e. The number of fused-ring (bicyclic) bond motifs is 1. The molecule has 420 valence electrons. The van der Waals surface area contributed by atoms with Crippen LogP contribution in [-0.2, 0) is 32.0 Å². The van der Waals surface area contributed by atoms with Crippen LogP contribution in [0, 0.1) is 11.8 Å². The summed E-state index contributed by atoms with van der Waals surface area (Å²) in [5.74, 6) is -1.53. The molecule has 2 saturated carbocycles. The molecule has 16 nitrogen and oxygen atoms in total. The van der Waals surface area contributed by atoms with Crippen LogP contribution < -0.4 is 21.3 Å². The zero-order valence-corrected chi connectivity index (χ0v) is 46.3. The molecule has 2 heterocycles. The smallest absolute Gasteiger partial charge is 0.253 e. The summed E-state index contributed by atoms with van der Waals surface area (Å²) in [6, 6.07) is 26.7. The molecule has 16 heteroatoms. The summed E-state index contributed by atoms with van der Waals surface area (Å²) in [6.07, 6.45) is 9.42. The van der Waals surface area contributed by atoms with Gasteiger partial charge in [0.2, 0.25) is 23.6 Å². The number of carbonyl (C=O) groups is 6. The molecular weight excluding hydrogens is 985 g/mol. The minimum absolute atomic E-state index is 0.0292. The van der Waals surface area contributed by atoms with Gasteiger partial charge in [0.1, 0.15) is 12.1 Å². The number of nitrogens with one attached hydrogen (secondary N) is 4. The molecule has 0 aromatic heterocycles. The molecule has 4 fully saturated rings. The van der Waals surface area contributed by atoms with E-state index in [-0.39, 0.29) is 60.4 Å². The molecule has 8 atom stereocenters. The Balaban J connectivity index is 1.03. The summed E-state index contributed by atoms with van der Waals surface area (Å²) in [6.45, 7) is 4.96. The zero-order chi connectivity index (χ0) is 55.3. The number of amides is 6. The molecule has 6 N–H and O–H groups in total. The first-order valence-electron chi connectivity index (χ1n) is 28.9. The predicted molar refractivity (Wildman–Crippen MR) is 302 cm³/mol. The minimum atomic E-state index is -0.876. The first kappa shape index (κ1) is 58.0. The van der Waals surface area contributed by atoms with Gasteiger partial charge < -0.3 is 51.1 Å². The molecule has 4 aromatic rings. The van der Waals surface area contributed by atoms with Crippen LogP contribution in [-0.4, -0.2) is 167 Å². The summed E-state index contributed by atoms with van der Waals surface area (Å²) in [5, 5.41) is 36.8. The van der Waals surface area contributed by atoms with E-state index in [1.807, 2.05) is 84.9 Å². The maximum absolute atomic E-state index is 14.9. The van der Waals surface area contributed by atoms with Crippen LogP contribution >= 0.6 is 0 Å². The van der Waals surface area contributed by atoms with E-state index in [0.717, 1.165) is 86.1 Å². The fourth-order valence-corrected chi connectivity index (χ4v) is 12.2. The van der Waals surface area contributed by atoms with Crippen LogP contribution in [0.5, 0.6) is 0 Å². The van der Waals surface area contributed by atoms with Crippen molar-refractivity contribution in [1.82, 2.24) is 40.9 Å². The molecule has 8 rings (SSSR count). The van der Waals surface area contributed by atoms with Gasteiger partial charge in [-0.2, -0.15) is 0 Å². The predicted octanol–water partition coefficient (Wildman–Crippen LogP) is 5.48. The molecule has 2 aliphatic carbocycles. The van der Waals surface area contributed by atoms with Crippen molar-refractivity contribution < 1.29 is 39.0 Å². The van der Waals surface area contributed by atoms with Gasteiger partial charge in [-0.1, -0.05) is 111 Å². The van der Waals surface area contributed by atoms with E-state index in [1.165, 1.54) is 0 Å². The third kappa shape index (κ3) is 14.3. The molecule has 2 saturated heterocycles. The molecule has 4 aliphatic rings. The number of aliphatic hydroxyl groups is 2. The Labute approximate surface area is 461 Å². The fraction of sp³-hybridized carbons (Fsp3) is 0.548. The van der Waals surface area contributed by atoms with Crippen molar-refractivity contribution in [1.29, 1.82) is 0 Å². The standard InChI is InChI=1S/C62H84N8O8/c1-41(63-3)57(73)65-55(45-21-13-7-14-22-45)61(77)69-35-31-53(71)51(69)39-67(33-29-43-17-9-5-10-18-43)59(75)49-27-25-48-38-50(28-26-47(48)37-49)60(76)68(34-30-44-19-11-6-12-20-44)40-52-54(72)32-36-70(52)62(78)56(46-23-15-8-16-24-46)66-58(74)42(2)64-4/h5-6,9-12,17-20,25-28,37-38,41-42,45-46,51-56,63-64,71-72H,7-8,13-16,21-24,29-36,39-40H2,1-4H3,(H,65,73)(H,66,74)/t41-,42-,51+,52+,53-,54-,55-,56-/m0/s1. The van der Waals surface area contributed by atoms with E-state index in [2.05, 4.69) is 21.3 Å². The van der Waals surface area contributed by atoms with Gasteiger partial charge in [0, 0.05) is 50.4 Å². The highest BCUT2D eigenvalue weighted by molar-refractivity contribution is 6.02. The molecular formula is C62H84N8O8. The first-order valence-corrected chi connectivity index (χ1v) is 28.9. The first-order chi connectivity index (χ1) is 37.7. The molecule has 0 radical (unpaired) electrons. The maximum Gasteiger partial charge on any atom is 0.253 e. The van der Waals surface area contributed by atoms with E-state index < -0.39 is 48.5 Å². The van der Waals surface area contributed by atoms with Crippen molar-refractivity contribution in [2.45, 2.75) is 152 Å². The van der Waals surface area contributed by atoms with Gasteiger partial charge in [0.05, 0.1) is 36.4 Å². The number of benzene rings is 4.